The van der Waals surface area contributed by atoms with Crippen LogP contribution in [-0.4, -0.2) is 9.13 Å². The standard InChI is InChI=1S/C66H45N3/c1-5-19-46(20-6-1)48-35-39-55(40-36-48)67(63-33-18-34-64-66(63)59-28-14-16-31-61(59)69(64)54-25-11-4-12-26-54)56-41-37-49(38-42-56)51-43-50(47-21-7-2-8-22-47)44-52(45-51)57-29-17-32-62-65(57)58-27-13-15-30-60(58)68(62)53-23-9-3-10-24-53/h1-45H. The molecule has 0 aliphatic carbocycles. The lowest BCUT2D eigenvalue weighted by molar-refractivity contribution is 1.18. The second kappa shape index (κ2) is 16.9. The molecule has 324 valence electrons. The Bertz CT molecular complexity index is 3960. The van der Waals surface area contributed by atoms with E-state index < -0.39 is 0 Å². The normalized spacial score (nSPS) is 11.5. The Hall–Kier alpha value is -9.18. The summed E-state index contributed by atoms with van der Waals surface area (Å²) < 4.78 is 4.79. The lowest BCUT2D eigenvalue weighted by atomic mass is 9.91. The number of hydrogen-bond donors (Lipinski definition) is 0. The number of aromatic nitrogens is 2. The summed E-state index contributed by atoms with van der Waals surface area (Å²) in [5, 5.41) is 4.90. The minimum absolute atomic E-state index is 1.08. The Morgan fingerprint density at radius 2 is 0.623 bits per heavy atom. The second-order valence-electron chi connectivity index (χ2n) is 17.7. The number of para-hydroxylation sites is 4. The quantitative estimate of drug-likeness (QED) is 0.141. The molecule has 13 rings (SSSR count). The second-order valence-corrected chi connectivity index (χ2v) is 17.7. The summed E-state index contributed by atoms with van der Waals surface area (Å²) >= 11 is 0. The fraction of sp³-hybridized carbons (Fsp3) is 0. The zero-order valence-corrected chi connectivity index (χ0v) is 37.8. The minimum Gasteiger partial charge on any atom is -0.310 e. The molecule has 0 fully saturated rings. The number of fused-ring (bicyclic) bond motifs is 6. The summed E-state index contributed by atoms with van der Waals surface area (Å²) in [5.74, 6) is 0. The van der Waals surface area contributed by atoms with Gasteiger partial charge in [0.1, 0.15) is 0 Å². The van der Waals surface area contributed by atoms with Crippen molar-refractivity contribution in [1.82, 2.24) is 9.13 Å². The number of hydrogen-bond acceptors (Lipinski definition) is 1. The topological polar surface area (TPSA) is 13.1 Å². The van der Waals surface area contributed by atoms with Gasteiger partial charge in [-0.25, -0.2) is 0 Å². The average Bonchev–Trinajstić information content (AvgIpc) is 3.96. The highest BCUT2D eigenvalue weighted by Crippen LogP contribution is 2.46. The zero-order valence-electron chi connectivity index (χ0n) is 37.8. The molecule has 0 unspecified atom stereocenters. The van der Waals surface area contributed by atoms with E-state index in [1.165, 1.54) is 71.5 Å². The third-order valence-electron chi connectivity index (χ3n) is 13.7. The molecular weight excluding hydrogens is 835 g/mol. The van der Waals surface area contributed by atoms with Gasteiger partial charge in [-0.05, 0) is 142 Å². The van der Waals surface area contributed by atoms with Gasteiger partial charge in [0, 0.05) is 44.3 Å². The largest absolute Gasteiger partial charge is 0.310 e. The van der Waals surface area contributed by atoms with E-state index in [9.17, 15) is 0 Å². The summed E-state index contributed by atoms with van der Waals surface area (Å²) in [6, 6.07) is 99.1. The van der Waals surface area contributed by atoms with Crippen LogP contribution in [0, 0.1) is 0 Å². The summed E-state index contributed by atoms with van der Waals surface area (Å²) in [4.78, 5) is 2.43. The Kier molecular flexibility index (Phi) is 9.84. The molecule has 13 aromatic rings. The maximum Gasteiger partial charge on any atom is 0.0562 e. The molecule has 2 heterocycles. The molecular formula is C66H45N3. The Labute approximate surface area is 401 Å². The lowest BCUT2D eigenvalue weighted by Crippen LogP contribution is -2.10. The average molecular weight is 880 g/mol. The van der Waals surface area contributed by atoms with Crippen molar-refractivity contribution in [1.29, 1.82) is 0 Å². The molecule has 0 aliphatic rings. The molecule has 0 saturated carbocycles. The van der Waals surface area contributed by atoms with Gasteiger partial charge in [0.05, 0.1) is 27.8 Å². The fourth-order valence-electron chi connectivity index (χ4n) is 10.6. The van der Waals surface area contributed by atoms with Crippen LogP contribution in [0.5, 0.6) is 0 Å². The van der Waals surface area contributed by atoms with Crippen LogP contribution in [0.25, 0.3) is 99.5 Å². The van der Waals surface area contributed by atoms with Crippen LogP contribution in [0.15, 0.2) is 273 Å². The van der Waals surface area contributed by atoms with Gasteiger partial charge in [0.2, 0.25) is 0 Å². The molecule has 2 aromatic heterocycles. The van der Waals surface area contributed by atoms with Crippen molar-refractivity contribution < 1.29 is 0 Å². The van der Waals surface area contributed by atoms with Gasteiger partial charge in [-0.2, -0.15) is 0 Å². The van der Waals surface area contributed by atoms with Gasteiger partial charge >= 0.3 is 0 Å². The first kappa shape index (κ1) is 40.1. The fourth-order valence-corrected chi connectivity index (χ4v) is 10.6. The van der Waals surface area contributed by atoms with Gasteiger partial charge in [0.25, 0.3) is 0 Å². The third kappa shape index (κ3) is 6.99. The molecule has 69 heavy (non-hydrogen) atoms. The molecule has 0 spiro atoms. The summed E-state index contributed by atoms with van der Waals surface area (Å²) in [7, 11) is 0. The first-order chi connectivity index (χ1) is 34.2. The predicted molar refractivity (Wildman–Crippen MR) is 292 cm³/mol. The van der Waals surface area contributed by atoms with Crippen molar-refractivity contribution in [3.8, 4) is 55.9 Å². The van der Waals surface area contributed by atoms with E-state index in [4.69, 9.17) is 0 Å². The van der Waals surface area contributed by atoms with E-state index in [1.807, 2.05) is 0 Å². The van der Waals surface area contributed by atoms with Crippen molar-refractivity contribution in [3.05, 3.63) is 273 Å². The summed E-state index contributed by atoms with van der Waals surface area (Å²) in [6.07, 6.45) is 0. The Morgan fingerprint density at radius 3 is 1.16 bits per heavy atom. The van der Waals surface area contributed by atoms with E-state index in [0.717, 1.165) is 45.1 Å². The molecule has 3 nitrogen and oxygen atoms in total. The van der Waals surface area contributed by atoms with Crippen LogP contribution in [0.1, 0.15) is 0 Å². The number of nitrogens with zero attached hydrogens (tertiary/aromatic N) is 3. The molecule has 0 saturated heterocycles. The molecule has 0 bridgehead atoms. The van der Waals surface area contributed by atoms with Gasteiger partial charge in [-0.1, -0.05) is 176 Å². The number of anilines is 3. The Balaban J connectivity index is 0.984. The summed E-state index contributed by atoms with van der Waals surface area (Å²) in [5.41, 5.74) is 19.7. The van der Waals surface area contributed by atoms with Crippen molar-refractivity contribution in [2.75, 3.05) is 4.90 Å². The van der Waals surface area contributed by atoms with Crippen molar-refractivity contribution in [2.24, 2.45) is 0 Å². The molecule has 0 atom stereocenters. The maximum atomic E-state index is 2.43. The number of benzene rings is 11. The smallest absolute Gasteiger partial charge is 0.0562 e. The first-order valence-electron chi connectivity index (χ1n) is 23.7. The van der Waals surface area contributed by atoms with E-state index in [2.05, 4.69) is 287 Å². The van der Waals surface area contributed by atoms with Gasteiger partial charge in [0.15, 0.2) is 0 Å². The lowest BCUT2D eigenvalue weighted by Gasteiger charge is -2.27. The van der Waals surface area contributed by atoms with Crippen LogP contribution in [0.3, 0.4) is 0 Å². The predicted octanol–water partition coefficient (Wildman–Crippen LogP) is 18.0. The molecule has 3 heteroatoms. The molecule has 0 radical (unpaired) electrons. The minimum atomic E-state index is 1.08. The molecule has 0 aliphatic heterocycles. The third-order valence-corrected chi connectivity index (χ3v) is 13.7. The molecule has 0 amide bonds. The molecule has 0 N–H and O–H groups in total. The van der Waals surface area contributed by atoms with Gasteiger partial charge < -0.3 is 14.0 Å². The van der Waals surface area contributed by atoms with Crippen LogP contribution in [-0.2, 0) is 0 Å². The van der Waals surface area contributed by atoms with E-state index in [1.54, 1.807) is 0 Å². The van der Waals surface area contributed by atoms with E-state index in [0.29, 0.717) is 0 Å². The number of rotatable bonds is 9. The highest BCUT2D eigenvalue weighted by atomic mass is 15.1. The SMILES string of the molecule is c1ccc(-c2ccc(N(c3ccc(-c4cc(-c5ccccc5)cc(-c5cccc6c5c5ccccc5n6-c5ccccc5)c4)cc3)c3cccc4c3c3ccccc3n4-c3ccccc3)cc2)cc1. The van der Waals surface area contributed by atoms with E-state index in [-0.39, 0.29) is 0 Å². The molecule has 11 aromatic carbocycles. The Morgan fingerprint density at radius 1 is 0.246 bits per heavy atom. The zero-order chi connectivity index (χ0) is 45.7. The van der Waals surface area contributed by atoms with Crippen LogP contribution in [0.2, 0.25) is 0 Å². The van der Waals surface area contributed by atoms with Gasteiger partial charge in [-0.15, -0.1) is 0 Å². The van der Waals surface area contributed by atoms with Crippen LogP contribution >= 0.6 is 0 Å². The first-order valence-corrected chi connectivity index (χ1v) is 23.7. The van der Waals surface area contributed by atoms with E-state index >= 15 is 0 Å². The van der Waals surface area contributed by atoms with Crippen molar-refractivity contribution >= 4 is 60.7 Å². The monoisotopic (exact) mass is 879 g/mol. The maximum absolute atomic E-state index is 2.43. The summed E-state index contributed by atoms with van der Waals surface area (Å²) in [6.45, 7) is 0. The highest BCUT2D eigenvalue weighted by molar-refractivity contribution is 6.17. The van der Waals surface area contributed by atoms with Crippen LogP contribution in [0.4, 0.5) is 17.1 Å². The van der Waals surface area contributed by atoms with Crippen LogP contribution < -0.4 is 4.90 Å². The van der Waals surface area contributed by atoms with Crippen molar-refractivity contribution in [2.45, 2.75) is 0 Å². The highest BCUT2D eigenvalue weighted by Gasteiger charge is 2.22. The van der Waals surface area contributed by atoms with Crippen molar-refractivity contribution in [3.63, 3.8) is 0 Å². The van der Waals surface area contributed by atoms with Gasteiger partial charge in [-0.3, -0.25) is 0 Å².